The van der Waals surface area contributed by atoms with Crippen LogP contribution in [-0.4, -0.2) is 16.4 Å². The zero-order chi connectivity index (χ0) is 7.56. The van der Waals surface area contributed by atoms with E-state index in [1.54, 1.807) is 0 Å². The fraction of sp³-hybridized carbons (Fsp3) is 0.714. The van der Waals surface area contributed by atoms with E-state index >= 15 is 0 Å². The Labute approximate surface area is 69.5 Å². The van der Waals surface area contributed by atoms with Gasteiger partial charge in [-0.05, 0) is 0 Å². The molecule has 1 heterocycles. The molecule has 0 spiro atoms. The van der Waals surface area contributed by atoms with Crippen LogP contribution in [0.1, 0.15) is 26.7 Å². The number of nitrogens with zero attached hydrogens (tertiary/aromatic N) is 1. The summed E-state index contributed by atoms with van der Waals surface area (Å²) in [5, 5.41) is 3.12. The fourth-order valence-corrected chi connectivity index (χ4v) is 1.40. The molecule has 0 aromatic carbocycles. The first-order valence-corrected chi connectivity index (χ1v) is 4.07. The molecule has 1 N–H and O–H groups in total. The van der Waals surface area contributed by atoms with Crippen molar-refractivity contribution in [2.75, 3.05) is 0 Å². The van der Waals surface area contributed by atoms with E-state index in [4.69, 9.17) is 15.6 Å². The van der Waals surface area contributed by atoms with Gasteiger partial charge in [-0.2, -0.15) is 0 Å². The van der Waals surface area contributed by atoms with Gasteiger partial charge in [-0.15, -0.1) is 0 Å². The van der Waals surface area contributed by atoms with Crippen LogP contribution in [0.3, 0.4) is 0 Å². The third-order valence-electron chi connectivity index (χ3n) is 1.69. The number of rotatable bonds is 2. The Morgan fingerprint density at radius 2 is 2.30 bits per heavy atom. The Kier molecular flexibility index (Phi) is 2.78. The molecule has 0 aromatic heterocycles. The van der Waals surface area contributed by atoms with Crippen molar-refractivity contribution in [1.29, 1.82) is 0 Å². The number of aliphatic imine (C=N–C) groups is 1. The Morgan fingerprint density at radius 1 is 1.60 bits per heavy atom. The van der Waals surface area contributed by atoms with Crippen molar-refractivity contribution in [3.8, 4) is 0 Å². The van der Waals surface area contributed by atoms with Crippen molar-refractivity contribution < 1.29 is 15.6 Å². The second-order valence-corrected chi connectivity index (χ2v) is 2.76. The van der Waals surface area contributed by atoms with Gasteiger partial charge in [-0.1, -0.05) is 0 Å². The predicted molar refractivity (Wildman–Crippen MR) is 39.9 cm³/mol. The van der Waals surface area contributed by atoms with Crippen LogP contribution in [0.5, 0.6) is 0 Å². The Hall–Kier alpha value is 0.0195. The van der Waals surface area contributed by atoms with E-state index in [-0.39, 0.29) is 0 Å². The molecule has 1 unspecified atom stereocenters. The number of nitrogens with one attached hydrogen (secondary N) is 1. The second kappa shape index (κ2) is 3.42. The van der Waals surface area contributed by atoms with Crippen LogP contribution in [0.15, 0.2) is 4.99 Å². The van der Waals surface area contributed by atoms with Crippen LogP contribution >= 0.6 is 0 Å². The molecular formula is C7H12CuN2. The molecule has 10 heavy (non-hydrogen) atoms. The molecule has 0 bridgehead atoms. The van der Waals surface area contributed by atoms with E-state index in [1.165, 1.54) is 5.71 Å². The van der Waals surface area contributed by atoms with E-state index in [9.17, 15) is 0 Å². The summed E-state index contributed by atoms with van der Waals surface area (Å²) >= 11 is 5.05. The summed E-state index contributed by atoms with van der Waals surface area (Å²) in [6.45, 7) is 4.24. The number of hydrogen-bond acceptors (Lipinski definition) is 2. The summed E-state index contributed by atoms with van der Waals surface area (Å²) in [5.41, 5.74) is 1.20. The third kappa shape index (κ3) is 1.54. The molecule has 61 valence electrons. The zero-order valence-corrected chi connectivity index (χ0v) is 7.18. The molecule has 1 rings (SSSR count). The number of hydrogen-bond donors (Lipinski definition) is 1. The summed E-state index contributed by atoms with van der Waals surface area (Å²) in [4.78, 5) is 4.19. The van der Waals surface area contributed by atoms with Gasteiger partial charge in [0, 0.05) is 0 Å². The quantitative estimate of drug-likeness (QED) is 0.638. The summed E-state index contributed by atoms with van der Waals surface area (Å²) in [6.07, 6.45) is 2.08. The third-order valence-corrected chi connectivity index (χ3v) is 1.93. The predicted octanol–water partition coefficient (Wildman–Crippen LogP) is 0.853. The molecular weight excluding hydrogens is 176 g/mol. The summed E-state index contributed by atoms with van der Waals surface area (Å²) in [5.74, 6) is 0. The van der Waals surface area contributed by atoms with Gasteiger partial charge in [0.2, 0.25) is 0 Å². The van der Waals surface area contributed by atoms with Crippen LogP contribution in [0.25, 0.3) is 0 Å². The van der Waals surface area contributed by atoms with Crippen molar-refractivity contribution in [3.63, 3.8) is 0 Å². The topological polar surface area (TPSA) is 24.4 Å². The van der Waals surface area contributed by atoms with E-state index in [2.05, 4.69) is 24.2 Å². The van der Waals surface area contributed by atoms with Crippen molar-refractivity contribution >= 4 is 10.4 Å². The second-order valence-electron chi connectivity index (χ2n) is 2.32. The first-order valence-electron chi connectivity index (χ1n) is 3.60. The van der Waals surface area contributed by atoms with Crippen LogP contribution in [0.4, 0.5) is 0 Å². The summed E-state index contributed by atoms with van der Waals surface area (Å²) in [6, 6.07) is 0.409. The van der Waals surface area contributed by atoms with Crippen molar-refractivity contribution in [2.45, 2.75) is 32.7 Å². The molecule has 0 saturated carbocycles. The maximum atomic E-state index is 5.05. The van der Waals surface area contributed by atoms with Gasteiger partial charge in [0.15, 0.2) is 0 Å². The van der Waals surface area contributed by atoms with Gasteiger partial charge in [0.1, 0.15) is 0 Å². The van der Waals surface area contributed by atoms with E-state index in [0.717, 1.165) is 12.8 Å². The molecule has 0 fully saturated rings. The summed E-state index contributed by atoms with van der Waals surface area (Å²) < 4.78 is 0.635. The minimum absolute atomic E-state index is 0.409. The van der Waals surface area contributed by atoms with Gasteiger partial charge >= 0.3 is 69.0 Å². The Morgan fingerprint density at radius 3 is 2.70 bits per heavy atom. The molecule has 0 radical (unpaired) electrons. The van der Waals surface area contributed by atoms with Crippen LogP contribution < -0.4 is 5.32 Å². The first-order chi connectivity index (χ1) is 4.77. The van der Waals surface area contributed by atoms with Crippen LogP contribution in [0.2, 0.25) is 0 Å². The Balaban J connectivity index is 2.65. The van der Waals surface area contributed by atoms with Crippen molar-refractivity contribution in [2.24, 2.45) is 4.99 Å². The minimum atomic E-state index is 0.409. The molecule has 0 aliphatic carbocycles. The average Bonchev–Trinajstić information content (AvgIpc) is 2.30. The zero-order valence-electron chi connectivity index (χ0n) is 6.24. The van der Waals surface area contributed by atoms with Crippen LogP contribution in [-0.2, 0) is 15.6 Å². The molecule has 0 amide bonds. The standard InChI is InChI=1S/C7H12N2.Cu/c1-3-6-7(4-2)9-5-8-6;/h6,8H,3-4H2,1-2H3;. The molecule has 1 atom stereocenters. The van der Waals surface area contributed by atoms with Crippen molar-refractivity contribution in [1.82, 2.24) is 5.32 Å². The molecule has 1 aliphatic heterocycles. The molecule has 1 aliphatic rings. The van der Waals surface area contributed by atoms with Gasteiger partial charge < -0.3 is 0 Å². The maximum absolute atomic E-state index is 5.05. The molecule has 0 saturated heterocycles. The van der Waals surface area contributed by atoms with Gasteiger partial charge in [0.25, 0.3) is 0 Å². The van der Waals surface area contributed by atoms with E-state index < -0.39 is 0 Å². The first kappa shape index (κ1) is 8.12. The van der Waals surface area contributed by atoms with E-state index in [1.807, 2.05) is 0 Å². The van der Waals surface area contributed by atoms with Gasteiger partial charge in [-0.25, -0.2) is 0 Å². The van der Waals surface area contributed by atoms with Crippen molar-refractivity contribution in [3.05, 3.63) is 0 Å². The fourth-order valence-electron chi connectivity index (χ4n) is 1.10. The average molecular weight is 188 g/mol. The SMILES string of the molecule is CCC1=N[C](=[Cu])NC1CC. The molecule has 0 aromatic rings. The molecule has 2 nitrogen and oxygen atoms in total. The van der Waals surface area contributed by atoms with Gasteiger partial charge in [-0.3, -0.25) is 0 Å². The van der Waals surface area contributed by atoms with E-state index in [0.29, 0.717) is 10.7 Å². The molecule has 3 heteroatoms. The van der Waals surface area contributed by atoms with Gasteiger partial charge in [0.05, 0.1) is 0 Å². The Bertz CT molecular complexity index is 174. The summed E-state index contributed by atoms with van der Waals surface area (Å²) in [7, 11) is 0. The normalized spacial score (nSPS) is 25.4. The van der Waals surface area contributed by atoms with Crippen LogP contribution in [0, 0.1) is 0 Å². The monoisotopic (exact) mass is 187 g/mol.